The first kappa shape index (κ1) is 20.4. The molecule has 10 heteroatoms. The monoisotopic (exact) mass is 436 g/mol. The molecule has 1 unspecified atom stereocenters. The van der Waals surface area contributed by atoms with Gasteiger partial charge in [0.05, 0.1) is 22.5 Å². The van der Waals surface area contributed by atoms with Crippen LogP contribution in [0.15, 0.2) is 48.7 Å². The van der Waals surface area contributed by atoms with E-state index in [1.165, 1.54) is 18.3 Å². The van der Waals surface area contributed by atoms with E-state index in [1.807, 2.05) is 6.07 Å². The topological polar surface area (TPSA) is 111 Å². The number of aromatic nitrogens is 2. The van der Waals surface area contributed by atoms with E-state index in [9.17, 15) is 14.4 Å². The second kappa shape index (κ2) is 7.96. The van der Waals surface area contributed by atoms with Gasteiger partial charge in [0.15, 0.2) is 5.78 Å². The molecule has 0 aliphatic rings. The number of hydrogen-bond donors (Lipinski definition) is 3. The van der Waals surface area contributed by atoms with Crippen molar-refractivity contribution in [2.75, 3.05) is 5.32 Å². The van der Waals surface area contributed by atoms with Crippen LogP contribution in [0.2, 0.25) is 10.0 Å². The molecule has 3 N–H and O–H groups in total. The van der Waals surface area contributed by atoms with Gasteiger partial charge in [-0.3, -0.25) is 4.57 Å². The number of nitrogens with one attached hydrogen (secondary N) is 1. The van der Waals surface area contributed by atoms with Crippen LogP contribution < -0.4 is 5.32 Å². The highest BCUT2D eigenvalue weighted by molar-refractivity contribution is 7.52. The number of rotatable bonds is 5. The number of halogens is 2. The highest BCUT2D eigenvalue weighted by Crippen LogP contribution is 2.52. The molecule has 0 bridgehead atoms. The van der Waals surface area contributed by atoms with Gasteiger partial charge in [0.2, 0.25) is 0 Å². The van der Waals surface area contributed by atoms with Crippen LogP contribution in [0.3, 0.4) is 0 Å². The Morgan fingerprint density at radius 3 is 2.50 bits per heavy atom. The standard InChI is InChI=1S/C18H15Cl2N4O3P/c1-11-16(10-22-24(11)15-5-2-13(19)3-6-15)18(28(25,26)27)23-14-4-7-17(20)12(8-14)9-21/h2-8,10,18,23H,1H3,(H2,25,26,27). The van der Waals surface area contributed by atoms with Crippen molar-refractivity contribution < 1.29 is 14.4 Å². The molecule has 1 heterocycles. The predicted molar refractivity (Wildman–Crippen MR) is 108 cm³/mol. The lowest BCUT2D eigenvalue weighted by atomic mass is 10.2. The van der Waals surface area contributed by atoms with Crippen LogP contribution in [0, 0.1) is 18.3 Å². The van der Waals surface area contributed by atoms with Crippen molar-refractivity contribution >= 4 is 36.5 Å². The smallest absolute Gasteiger partial charge is 0.352 e. The molecular formula is C18H15Cl2N4O3P. The van der Waals surface area contributed by atoms with Gasteiger partial charge in [-0.2, -0.15) is 10.4 Å². The Morgan fingerprint density at radius 2 is 1.89 bits per heavy atom. The zero-order valence-corrected chi connectivity index (χ0v) is 16.9. The third kappa shape index (κ3) is 4.22. The van der Waals surface area contributed by atoms with Crippen LogP contribution in [0.25, 0.3) is 5.69 Å². The Morgan fingerprint density at radius 1 is 1.21 bits per heavy atom. The van der Waals surface area contributed by atoms with Gasteiger partial charge >= 0.3 is 7.60 Å². The molecule has 0 aliphatic heterocycles. The summed E-state index contributed by atoms with van der Waals surface area (Å²) < 4.78 is 13.8. The average Bonchev–Trinajstić information content (AvgIpc) is 3.01. The fourth-order valence-corrected chi connectivity index (χ4v) is 3.95. The van der Waals surface area contributed by atoms with E-state index in [-0.39, 0.29) is 10.6 Å². The van der Waals surface area contributed by atoms with E-state index in [0.717, 1.165) is 0 Å². The van der Waals surface area contributed by atoms with Crippen LogP contribution in [0.5, 0.6) is 0 Å². The summed E-state index contributed by atoms with van der Waals surface area (Å²) in [6.07, 6.45) is 1.40. The van der Waals surface area contributed by atoms with Crippen molar-refractivity contribution in [3.63, 3.8) is 0 Å². The first-order chi connectivity index (χ1) is 13.2. The van der Waals surface area contributed by atoms with Gasteiger partial charge in [-0.25, -0.2) is 4.68 Å². The maximum atomic E-state index is 12.2. The van der Waals surface area contributed by atoms with Crippen LogP contribution in [-0.4, -0.2) is 19.6 Å². The molecule has 3 rings (SSSR count). The summed E-state index contributed by atoms with van der Waals surface area (Å²) in [4.78, 5) is 19.8. The molecule has 7 nitrogen and oxygen atoms in total. The fraction of sp³-hybridized carbons (Fsp3) is 0.111. The Kier molecular flexibility index (Phi) is 5.80. The van der Waals surface area contributed by atoms with Crippen LogP contribution in [-0.2, 0) is 4.57 Å². The summed E-state index contributed by atoms with van der Waals surface area (Å²) in [6, 6.07) is 13.3. The van der Waals surface area contributed by atoms with E-state index < -0.39 is 13.4 Å². The third-order valence-electron chi connectivity index (χ3n) is 4.14. The molecule has 0 amide bonds. The number of nitriles is 1. The molecular weight excluding hydrogens is 422 g/mol. The molecule has 0 spiro atoms. The number of benzene rings is 2. The molecule has 0 saturated heterocycles. The fourth-order valence-electron chi connectivity index (χ4n) is 2.73. The van der Waals surface area contributed by atoms with Crippen LogP contribution in [0.1, 0.15) is 22.6 Å². The molecule has 0 aliphatic carbocycles. The van der Waals surface area contributed by atoms with Crippen molar-refractivity contribution in [2.45, 2.75) is 12.7 Å². The van der Waals surface area contributed by atoms with Crippen molar-refractivity contribution in [2.24, 2.45) is 0 Å². The van der Waals surface area contributed by atoms with Crippen LogP contribution >= 0.6 is 30.8 Å². The van der Waals surface area contributed by atoms with Gasteiger partial charge in [0.25, 0.3) is 0 Å². The largest absolute Gasteiger partial charge is 0.368 e. The second-order valence-electron chi connectivity index (χ2n) is 6.02. The van der Waals surface area contributed by atoms with Crippen molar-refractivity contribution in [3.05, 3.63) is 75.5 Å². The summed E-state index contributed by atoms with van der Waals surface area (Å²) in [5.74, 6) is -1.35. The summed E-state index contributed by atoms with van der Waals surface area (Å²) in [5, 5.41) is 17.0. The van der Waals surface area contributed by atoms with Gasteiger partial charge in [0.1, 0.15) is 6.07 Å². The lowest BCUT2D eigenvalue weighted by Gasteiger charge is -2.21. The van der Waals surface area contributed by atoms with E-state index >= 15 is 0 Å². The normalized spacial score (nSPS) is 12.4. The highest BCUT2D eigenvalue weighted by atomic mass is 35.5. The summed E-state index contributed by atoms with van der Waals surface area (Å²) in [7, 11) is -4.61. The van der Waals surface area contributed by atoms with Crippen molar-refractivity contribution in [3.8, 4) is 11.8 Å². The van der Waals surface area contributed by atoms with E-state index in [4.69, 9.17) is 28.5 Å². The quantitative estimate of drug-likeness (QED) is 0.502. The lowest BCUT2D eigenvalue weighted by molar-refractivity contribution is 0.363. The number of hydrogen-bond acceptors (Lipinski definition) is 4. The summed E-state index contributed by atoms with van der Waals surface area (Å²) >= 11 is 11.8. The Labute approximate surface area is 171 Å². The first-order valence-corrected chi connectivity index (χ1v) is 10.5. The maximum absolute atomic E-state index is 12.2. The molecule has 1 aromatic heterocycles. The van der Waals surface area contributed by atoms with Gasteiger partial charge in [-0.1, -0.05) is 23.2 Å². The van der Waals surface area contributed by atoms with E-state index in [0.29, 0.717) is 27.7 Å². The minimum Gasteiger partial charge on any atom is -0.368 e. The Hall–Kier alpha value is -2.33. The van der Waals surface area contributed by atoms with Gasteiger partial charge in [0, 0.05) is 22.0 Å². The summed E-state index contributed by atoms with van der Waals surface area (Å²) in [5.41, 5.74) is 2.14. The average molecular weight is 437 g/mol. The Bertz CT molecular complexity index is 1100. The zero-order valence-electron chi connectivity index (χ0n) is 14.5. The SMILES string of the molecule is Cc1c(C(Nc2ccc(Cl)c(C#N)c2)P(=O)(O)O)cnn1-c1ccc(Cl)cc1. The molecule has 3 aromatic rings. The molecule has 0 radical (unpaired) electrons. The predicted octanol–water partition coefficient (Wildman–Crippen LogP) is 4.65. The molecule has 0 fully saturated rings. The number of nitrogens with zero attached hydrogens (tertiary/aromatic N) is 3. The second-order valence-corrected chi connectivity index (χ2v) is 8.55. The number of anilines is 1. The zero-order chi connectivity index (χ0) is 20.5. The first-order valence-electron chi connectivity index (χ1n) is 8.02. The molecule has 1 atom stereocenters. The van der Waals surface area contributed by atoms with Crippen molar-refractivity contribution in [1.82, 2.24) is 9.78 Å². The molecule has 2 aromatic carbocycles. The van der Waals surface area contributed by atoms with E-state index in [1.54, 1.807) is 41.9 Å². The third-order valence-corrected chi connectivity index (χ3v) is 5.80. The van der Waals surface area contributed by atoms with Crippen LogP contribution in [0.4, 0.5) is 5.69 Å². The Balaban J connectivity index is 2.01. The summed E-state index contributed by atoms with van der Waals surface area (Å²) in [6.45, 7) is 1.71. The van der Waals surface area contributed by atoms with Crippen molar-refractivity contribution in [1.29, 1.82) is 5.26 Å². The highest BCUT2D eigenvalue weighted by Gasteiger charge is 2.33. The van der Waals surface area contributed by atoms with Gasteiger partial charge in [-0.15, -0.1) is 0 Å². The van der Waals surface area contributed by atoms with Gasteiger partial charge < -0.3 is 15.1 Å². The lowest BCUT2D eigenvalue weighted by Crippen LogP contribution is -2.12. The van der Waals surface area contributed by atoms with Gasteiger partial charge in [-0.05, 0) is 49.4 Å². The minimum absolute atomic E-state index is 0.199. The maximum Gasteiger partial charge on any atom is 0.352 e. The minimum atomic E-state index is -4.61. The molecule has 0 saturated carbocycles. The van der Waals surface area contributed by atoms with E-state index in [2.05, 4.69) is 10.4 Å². The molecule has 144 valence electrons. The molecule has 28 heavy (non-hydrogen) atoms.